The van der Waals surface area contributed by atoms with Crippen LogP contribution >= 0.6 is 0 Å². The van der Waals surface area contributed by atoms with E-state index >= 15 is 0 Å². The average Bonchev–Trinajstić information content (AvgIpc) is 3.28. The molecule has 2 fully saturated rings. The number of hydrogen-bond acceptors (Lipinski definition) is 3. The summed E-state index contributed by atoms with van der Waals surface area (Å²) in [5.74, 6) is 0.551. The first-order valence-corrected chi connectivity index (χ1v) is 8.19. The predicted molar refractivity (Wildman–Crippen MR) is 82.4 cm³/mol. The van der Waals surface area contributed by atoms with Crippen molar-refractivity contribution in [3.8, 4) is 0 Å². The first-order chi connectivity index (χ1) is 10.1. The highest BCUT2D eigenvalue weighted by Gasteiger charge is 2.48. The second kappa shape index (κ2) is 6.01. The highest BCUT2D eigenvalue weighted by atomic mass is 19.1. The van der Waals surface area contributed by atoms with Gasteiger partial charge in [-0.15, -0.1) is 0 Å². The van der Waals surface area contributed by atoms with Crippen LogP contribution in [0.15, 0.2) is 18.5 Å². The molecule has 1 saturated heterocycles. The largest absolute Gasteiger partial charge is 0.311 e. The van der Waals surface area contributed by atoms with Gasteiger partial charge in [0.15, 0.2) is 0 Å². The van der Waals surface area contributed by atoms with Crippen molar-refractivity contribution in [2.24, 2.45) is 5.92 Å². The van der Waals surface area contributed by atoms with Crippen LogP contribution in [-0.4, -0.2) is 34.6 Å². The molecule has 2 heterocycles. The van der Waals surface area contributed by atoms with Crippen LogP contribution in [0.2, 0.25) is 0 Å². The topological polar surface area (TPSA) is 28.2 Å². The van der Waals surface area contributed by atoms with Gasteiger partial charge >= 0.3 is 0 Å². The standard InChI is InChI=1S/C17H26FN3/c1-3-4-16-11-21(10-13-7-15(18)9-19-8-13)17(2,12-20-16)14-5-6-14/h7-9,14,16,20H,3-6,10-12H2,1-2H3. The summed E-state index contributed by atoms with van der Waals surface area (Å²) in [4.78, 5) is 6.56. The predicted octanol–water partition coefficient (Wildman–Crippen LogP) is 2.96. The van der Waals surface area contributed by atoms with E-state index in [0.717, 1.165) is 31.1 Å². The second-order valence-electron chi connectivity index (χ2n) is 6.89. The zero-order chi connectivity index (χ0) is 14.9. The van der Waals surface area contributed by atoms with Crippen LogP contribution < -0.4 is 5.32 Å². The minimum atomic E-state index is -0.235. The van der Waals surface area contributed by atoms with E-state index in [1.807, 2.05) is 0 Å². The minimum absolute atomic E-state index is 0.205. The number of pyridine rings is 1. The summed E-state index contributed by atoms with van der Waals surface area (Å²) < 4.78 is 13.4. The zero-order valence-corrected chi connectivity index (χ0v) is 13.1. The van der Waals surface area contributed by atoms with Gasteiger partial charge < -0.3 is 5.32 Å². The van der Waals surface area contributed by atoms with Crippen molar-refractivity contribution < 1.29 is 4.39 Å². The molecule has 2 atom stereocenters. The Kier molecular flexibility index (Phi) is 4.27. The number of piperazine rings is 1. The summed E-state index contributed by atoms with van der Waals surface area (Å²) in [6.07, 6.45) is 8.14. The Morgan fingerprint density at radius 1 is 1.43 bits per heavy atom. The number of aromatic nitrogens is 1. The van der Waals surface area contributed by atoms with Gasteiger partial charge in [0, 0.05) is 37.4 Å². The molecule has 1 saturated carbocycles. The molecule has 21 heavy (non-hydrogen) atoms. The number of halogens is 1. The molecule has 1 aliphatic carbocycles. The molecule has 0 amide bonds. The highest BCUT2D eigenvalue weighted by molar-refractivity contribution is 5.13. The van der Waals surface area contributed by atoms with Crippen LogP contribution in [0.1, 0.15) is 45.1 Å². The first-order valence-electron chi connectivity index (χ1n) is 8.19. The van der Waals surface area contributed by atoms with E-state index in [2.05, 4.69) is 29.0 Å². The SMILES string of the molecule is CCCC1CN(Cc2cncc(F)c2)C(C)(C2CC2)CN1. The lowest BCUT2D eigenvalue weighted by atomic mass is 9.88. The van der Waals surface area contributed by atoms with Gasteiger partial charge in [-0.05, 0) is 43.7 Å². The van der Waals surface area contributed by atoms with Crippen LogP contribution in [0, 0.1) is 11.7 Å². The lowest BCUT2D eigenvalue weighted by Crippen LogP contribution is -2.63. The van der Waals surface area contributed by atoms with Crippen molar-refractivity contribution in [1.29, 1.82) is 0 Å². The molecule has 3 nitrogen and oxygen atoms in total. The third kappa shape index (κ3) is 3.27. The normalized spacial score (nSPS) is 30.5. The fourth-order valence-electron chi connectivity index (χ4n) is 3.66. The van der Waals surface area contributed by atoms with E-state index in [-0.39, 0.29) is 11.4 Å². The molecule has 2 unspecified atom stereocenters. The van der Waals surface area contributed by atoms with Crippen molar-refractivity contribution in [3.05, 3.63) is 29.8 Å². The molecule has 1 aromatic heterocycles. The highest BCUT2D eigenvalue weighted by Crippen LogP contribution is 2.44. The Hall–Kier alpha value is -1.00. The lowest BCUT2D eigenvalue weighted by Gasteiger charge is -2.49. The Morgan fingerprint density at radius 3 is 2.90 bits per heavy atom. The molecule has 0 bridgehead atoms. The van der Waals surface area contributed by atoms with E-state index in [1.165, 1.54) is 31.9 Å². The molecule has 0 spiro atoms. The summed E-state index contributed by atoms with van der Waals surface area (Å²) in [5.41, 5.74) is 1.19. The van der Waals surface area contributed by atoms with Crippen LogP contribution in [0.3, 0.4) is 0 Å². The van der Waals surface area contributed by atoms with E-state index in [9.17, 15) is 4.39 Å². The number of rotatable bonds is 5. The maximum absolute atomic E-state index is 13.4. The van der Waals surface area contributed by atoms with E-state index in [1.54, 1.807) is 12.3 Å². The van der Waals surface area contributed by atoms with Gasteiger partial charge in [0.25, 0.3) is 0 Å². The Balaban J connectivity index is 1.76. The summed E-state index contributed by atoms with van der Waals surface area (Å²) in [5, 5.41) is 3.73. The summed E-state index contributed by atoms with van der Waals surface area (Å²) in [6, 6.07) is 2.18. The minimum Gasteiger partial charge on any atom is -0.311 e. The third-order valence-electron chi connectivity index (χ3n) is 5.14. The molecule has 0 radical (unpaired) electrons. The molecule has 3 rings (SSSR count). The van der Waals surface area contributed by atoms with Gasteiger partial charge in [-0.25, -0.2) is 4.39 Å². The third-order valence-corrected chi connectivity index (χ3v) is 5.14. The van der Waals surface area contributed by atoms with Crippen molar-refractivity contribution in [1.82, 2.24) is 15.2 Å². The lowest BCUT2D eigenvalue weighted by molar-refractivity contribution is 0.0258. The molecule has 1 aromatic rings. The number of hydrogen-bond donors (Lipinski definition) is 1. The van der Waals surface area contributed by atoms with Gasteiger partial charge in [-0.1, -0.05) is 13.3 Å². The maximum Gasteiger partial charge on any atom is 0.141 e. The maximum atomic E-state index is 13.4. The zero-order valence-electron chi connectivity index (χ0n) is 13.1. The van der Waals surface area contributed by atoms with E-state index < -0.39 is 0 Å². The van der Waals surface area contributed by atoms with Crippen molar-refractivity contribution in [2.45, 2.75) is 57.7 Å². The summed E-state index contributed by atoms with van der Waals surface area (Å²) >= 11 is 0. The van der Waals surface area contributed by atoms with Gasteiger partial charge in [-0.2, -0.15) is 0 Å². The fraction of sp³-hybridized carbons (Fsp3) is 0.706. The first kappa shape index (κ1) is 14.9. The van der Waals surface area contributed by atoms with Crippen molar-refractivity contribution in [3.63, 3.8) is 0 Å². The van der Waals surface area contributed by atoms with Crippen LogP contribution in [0.5, 0.6) is 0 Å². The summed E-state index contributed by atoms with van der Waals surface area (Å²) in [6.45, 7) is 7.51. The molecular formula is C17H26FN3. The van der Waals surface area contributed by atoms with Gasteiger partial charge in [-0.3, -0.25) is 9.88 Å². The van der Waals surface area contributed by atoms with Crippen molar-refractivity contribution in [2.75, 3.05) is 13.1 Å². The number of nitrogens with zero attached hydrogens (tertiary/aromatic N) is 2. The van der Waals surface area contributed by atoms with E-state index in [4.69, 9.17) is 0 Å². The molecule has 116 valence electrons. The van der Waals surface area contributed by atoms with Crippen LogP contribution in [0.4, 0.5) is 4.39 Å². The Morgan fingerprint density at radius 2 is 2.24 bits per heavy atom. The molecule has 2 aliphatic rings. The monoisotopic (exact) mass is 291 g/mol. The Bertz CT molecular complexity index is 489. The second-order valence-corrected chi connectivity index (χ2v) is 6.89. The molecular weight excluding hydrogens is 265 g/mol. The molecule has 0 aromatic carbocycles. The molecule has 4 heteroatoms. The van der Waals surface area contributed by atoms with Gasteiger partial charge in [0.05, 0.1) is 6.20 Å². The van der Waals surface area contributed by atoms with Crippen molar-refractivity contribution >= 4 is 0 Å². The summed E-state index contributed by atoms with van der Waals surface area (Å²) in [7, 11) is 0. The quantitative estimate of drug-likeness (QED) is 0.904. The molecule has 1 N–H and O–H groups in total. The van der Waals surface area contributed by atoms with E-state index in [0.29, 0.717) is 6.04 Å². The van der Waals surface area contributed by atoms with Gasteiger partial charge in [0.2, 0.25) is 0 Å². The average molecular weight is 291 g/mol. The fourth-order valence-corrected chi connectivity index (χ4v) is 3.66. The van der Waals surface area contributed by atoms with Gasteiger partial charge in [0.1, 0.15) is 5.82 Å². The molecule has 1 aliphatic heterocycles. The Labute approximate surface area is 126 Å². The smallest absolute Gasteiger partial charge is 0.141 e. The van der Waals surface area contributed by atoms with Crippen LogP contribution in [0.25, 0.3) is 0 Å². The van der Waals surface area contributed by atoms with Crippen LogP contribution in [-0.2, 0) is 6.54 Å². The number of nitrogens with one attached hydrogen (secondary N) is 1.